The van der Waals surface area contributed by atoms with Crippen LogP contribution in [0, 0.1) is 5.82 Å². The standard InChI is InChI=1S/C13H17FN2O/c1-9(10-4-2-5-11(14)8-10)16-13(17)12-6-3-7-15-12/h2,4-5,8-9,12,15H,3,6-7H2,1H3,(H,16,17)/t9?,12-/m1/s1. The first-order chi connectivity index (χ1) is 8.16. The summed E-state index contributed by atoms with van der Waals surface area (Å²) in [4.78, 5) is 11.8. The molecule has 2 N–H and O–H groups in total. The highest BCUT2D eigenvalue weighted by atomic mass is 19.1. The maximum absolute atomic E-state index is 13.0. The summed E-state index contributed by atoms with van der Waals surface area (Å²) < 4.78 is 13.0. The number of hydrogen-bond acceptors (Lipinski definition) is 2. The topological polar surface area (TPSA) is 41.1 Å². The van der Waals surface area contributed by atoms with Crippen LogP contribution in [0.25, 0.3) is 0 Å². The Bertz CT molecular complexity index is 402. The van der Waals surface area contributed by atoms with Crippen molar-refractivity contribution in [2.75, 3.05) is 6.54 Å². The number of amides is 1. The molecule has 0 aliphatic carbocycles. The van der Waals surface area contributed by atoms with Crippen molar-refractivity contribution in [3.63, 3.8) is 0 Å². The van der Waals surface area contributed by atoms with Crippen molar-refractivity contribution in [1.82, 2.24) is 10.6 Å². The molecule has 1 unspecified atom stereocenters. The van der Waals surface area contributed by atoms with E-state index in [1.807, 2.05) is 13.0 Å². The quantitative estimate of drug-likeness (QED) is 0.839. The SMILES string of the molecule is CC(NC(=O)[C@H]1CCCN1)c1cccc(F)c1. The monoisotopic (exact) mass is 236 g/mol. The third-order valence-corrected chi connectivity index (χ3v) is 3.08. The van der Waals surface area contributed by atoms with Crippen molar-refractivity contribution in [2.24, 2.45) is 0 Å². The smallest absolute Gasteiger partial charge is 0.237 e. The molecular formula is C13H17FN2O. The van der Waals surface area contributed by atoms with E-state index in [4.69, 9.17) is 0 Å². The van der Waals surface area contributed by atoms with Gasteiger partial charge in [-0.2, -0.15) is 0 Å². The van der Waals surface area contributed by atoms with E-state index < -0.39 is 0 Å². The van der Waals surface area contributed by atoms with Gasteiger partial charge < -0.3 is 10.6 Å². The lowest BCUT2D eigenvalue weighted by Crippen LogP contribution is -2.41. The Hall–Kier alpha value is -1.42. The maximum atomic E-state index is 13.0. The molecule has 1 amide bonds. The molecule has 4 heteroatoms. The van der Waals surface area contributed by atoms with Crippen LogP contribution in [0.1, 0.15) is 31.4 Å². The Balaban J connectivity index is 1.96. The van der Waals surface area contributed by atoms with E-state index in [1.165, 1.54) is 12.1 Å². The van der Waals surface area contributed by atoms with Crippen molar-refractivity contribution < 1.29 is 9.18 Å². The molecule has 3 nitrogen and oxygen atoms in total. The summed E-state index contributed by atoms with van der Waals surface area (Å²) in [6, 6.07) is 6.06. The average Bonchev–Trinajstić information content (AvgIpc) is 2.82. The van der Waals surface area contributed by atoms with Gasteiger partial charge in [0.05, 0.1) is 12.1 Å². The van der Waals surface area contributed by atoms with Crippen LogP contribution in [0.2, 0.25) is 0 Å². The Kier molecular flexibility index (Phi) is 3.74. The van der Waals surface area contributed by atoms with Gasteiger partial charge in [0.15, 0.2) is 0 Å². The van der Waals surface area contributed by atoms with Crippen LogP contribution >= 0.6 is 0 Å². The molecule has 1 fully saturated rings. The average molecular weight is 236 g/mol. The van der Waals surface area contributed by atoms with Crippen LogP contribution in [0.5, 0.6) is 0 Å². The van der Waals surface area contributed by atoms with Crippen LogP contribution < -0.4 is 10.6 Å². The number of rotatable bonds is 3. The minimum absolute atomic E-state index is 0.000684. The van der Waals surface area contributed by atoms with Gasteiger partial charge in [-0.1, -0.05) is 12.1 Å². The predicted octanol–water partition coefficient (Wildman–Crippen LogP) is 1.75. The van der Waals surface area contributed by atoms with Crippen molar-refractivity contribution in [3.05, 3.63) is 35.6 Å². The zero-order valence-electron chi connectivity index (χ0n) is 9.87. The fraction of sp³-hybridized carbons (Fsp3) is 0.462. The third-order valence-electron chi connectivity index (χ3n) is 3.08. The molecular weight excluding hydrogens is 219 g/mol. The second kappa shape index (κ2) is 5.27. The molecule has 0 saturated carbocycles. The highest BCUT2D eigenvalue weighted by Gasteiger charge is 2.23. The molecule has 92 valence electrons. The first-order valence-electron chi connectivity index (χ1n) is 5.96. The third kappa shape index (κ3) is 3.03. The summed E-state index contributed by atoms with van der Waals surface area (Å²) in [6.45, 7) is 2.76. The molecule has 1 saturated heterocycles. The Morgan fingerprint density at radius 3 is 3.06 bits per heavy atom. The van der Waals surface area contributed by atoms with Crippen LogP contribution in [-0.2, 0) is 4.79 Å². The summed E-state index contributed by atoms with van der Waals surface area (Å²) in [5.41, 5.74) is 0.788. The van der Waals surface area contributed by atoms with Gasteiger partial charge in [-0.3, -0.25) is 4.79 Å². The molecule has 0 bridgehead atoms. The van der Waals surface area contributed by atoms with E-state index in [2.05, 4.69) is 10.6 Å². The molecule has 1 aliphatic rings. The molecule has 0 spiro atoms. The Morgan fingerprint density at radius 1 is 1.59 bits per heavy atom. The summed E-state index contributed by atoms with van der Waals surface area (Å²) >= 11 is 0. The minimum atomic E-state index is -0.275. The van der Waals surface area contributed by atoms with Gasteiger partial charge in [0, 0.05) is 0 Å². The molecule has 0 aromatic heterocycles. The molecule has 1 aliphatic heterocycles. The fourth-order valence-electron chi connectivity index (χ4n) is 2.08. The van der Waals surface area contributed by atoms with E-state index >= 15 is 0 Å². The maximum Gasteiger partial charge on any atom is 0.237 e. The van der Waals surface area contributed by atoms with Crippen molar-refractivity contribution in [2.45, 2.75) is 31.8 Å². The van der Waals surface area contributed by atoms with Gasteiger partial charge in [-0.25, -0.2) is 4.39 Å². The first-order valence-corrected chi connectivity index (χ1v) is 5.96. The van der Waals surface area contributed by atoms with Gasteiger partial charge >= 0.3 is 0 Å². The second-order valence-electron chi connectivity index (χ2n) is 4.43. The highest BCUT2D eigenvalue weighted by molar-refractivity contribution is 5.82. The molecule has 0 radical (unpaired) electrons. The lowest BCUT2D eigenvalue weighted by Gasteiger charge is -2.17. The molecule has 17 heavy (non-hydrogen) atoms. The van der Waals surface area contributed by atoms with Gasteiger partial charge in [0.2, 0.25) is 5.91 Å². The van der Waals surface area contributed by atoms with Gasteiger partial charge in [0.25, 0.3) is 0 Å². The van der Waals surface area contributed by atoms with E-state index in [-0.39, 0.29) is 23.8 Å². The largest absolute Gasteiger partial charge is 0.348 e. The number of halogens is 1. The van der Waals surface area contributed by atoms with Crippen LogP contribution in [0.3, 0.4) is 0 Å². The molecule has 2 atom stereocenters. The van der Waals surface area contributed by atoms with Gasteiger partial charge in [-0.15, -0.1) is 0 Å². The number of carbonyl (C=O) groups excluding carboxylic acids is 1. The lowest BCUT2D eigenvalue weighted by atomic mass is 10.1. The molecule has 1 heterocycles. The summed E-state index contributed by atoms with van der Waals surface area (Å²) in [5.74, 6) is -0.276. The molecule has 1 aromatic carbocycles. The lowest BCUT2D eigenvalue weighted by molar-refractivity contribution is -0.123. The zero-order valence-corrected chi connectivity index (χ0v) is 9.87. The van der Waals surface area contributed by atoms with E-state index in [1.54, 1.807) is 6.07 Å². The number of carbonyl (C=O) groups is 1. The van der Waals surface area contributed by atoms with Gasteiger partial charge in [-0.05, 0) is 44.0 Å². The Morgan fingerprint density at radius 2 is 2.41 bits per heavy atom. The Labute approximate surface area is 100 Å². The van der Waals surface area contributed by atoms with Crippen molar-refractivity contribution >= 4 is 5.91 Å². The summed E-state index contributed by atoms with van der Waals surface area (Å²) in [6.07, 6.45) is 1.91. The van der Waals surface area contributed by atoms with Gasteiger partial charge in [0.1, 0.15) is 5.82 Å². The number of hydrogen-bond donors (Lipinski definition) is 2. The van der Waals surface area contributed by atoms with E-state index in [9.17, 15) is 9.18 Å². The normalized spacial score (nSPS) is 21.2. The van der Waals surface area contributed by atoms with E-state index in [0.29, 0.717) is 0 Å². The van der Waals surface area contributed by atoms with E-state index in [0.717, 1.165) is 24.9 Å². The zero-order chi connectivity index (χ0) is 12.3. The molecule has 1 aromatic rings. The predicted molar refractivity (Wildman–Crippen MR) is 64.0 cm³/mol. The fourth-order valence-corrected chi connectivity index (χ4v) is 2.08. The van der Waals surface area contributed by atoms with Crippen molar-refractivity contribution in [1.29, 1.82) is 0 Å². The number of benzene rings is 1. The van der Waals surface area contributed by atoms with Crippen LogP contribution in [0.15, 0.2) is 24.3 Å². The number of nitrogens with one attached hydrogen (secondary N) is 2. The summed E-state index contributed by atoms with van der Waals surface area (Å²) in [5, 5.41) is 6.04. The van der Waals surface area contributed by atoms with Crippen LogP contribution in [-0.4, -0.2) is 18.5 Å². The van der Waals surface area contributed by atoms with Crippen molar-refractivity contribution in [3.8, 4) is 0 Å². The minimum Gasteiger partial charge on any atom is -0.348 e. The summed E-state index contributed by atoms with van der Waals surface area (Å²) in [7, 11) is 0. The molecule has 2 rings (SSSR count). The second-order valence-corrected chi connectivity index (χ2v) is 4.43. The van der Waals surface area contributed by atoms with Crippen LogP contribution in [0.4, 0.5) is 4.39 Å². The highest BCUT2D eigenvalue weighted by Crippen LogP contribution is 2.14. The first kappa shape index (κ1) is 12.0.